The van der Waals surface area contributed by atoms with E-state index in [9.17, 15) is 8.42 Å². The first-order chi connectivity index (χ1) is 8.96. The Bertz CT molecular complexity index is 652. The van der Waals surface area contributed by atoms with E-state index in [1.807, 2.05) is 30.3 Å². The molecular weight excluding hydrogens is 317 g/mol. The Hall–Kier alpha value is -1.08. The molecule has 0 amide bonds. The summed E-state index contributed by atoms with van der Waals surface area (Å²) < 4.78 is 32.0. The monoisotopic (exact) mass is 332 g/mol. The molecule has 0 aliphatic heterocycles. The van der Waals surface area contributed by atoms with E-state index in [1.165, 1.54) is 0 Å². The minimum absolute atomic E-state index is 0. The average molecular weight is 332 g/mol. The number of benzene rings is 1. The van der Waals surface area contributed by atoms with Crippen molar-refractivity contribution in [3.05, 3.63) is 41.8 Å². The summed E-state index contributed by atoms with van der Waals surface area (Å²) in [7, 11) is -3.41. The molecule has 0 aliphatic rings. The maximum absolute atomic E-state index is 10.9. The van der Waals surface area contributed by atoms with Gasteiger partial charge in [0.05, 0.1) is 18.6 Å². The molecule has 0 spiro atoms. The first-order valence-electron chi connectivity index (χ1n) is 5.82. The van der Waals surface area contributed by atoms with Gasteiger partial charge in [-0.25, -0.2) is 4.98 Å². The van der Waals surface area contributed by atoms with Crippen LogP contribution in [-0.2, 0) is 39.3 Å². The van der Waals surface area contributed by atoms with Crippen LogP contribution in [-0.4, -0.2) is 26.3 Å². The van der Waals surface area contributed by atoms with Gasteiger partial charge in [-0.2, -0.15) is 8.42 Å². The summed E-state index contributed by atoms with van der Waals surface area (Å²) in [5, 5.41) is 0. The molecule has 1 aromatic heterocycles. The van der Waals surface area contributed by atoms with Crippen LogP contribution in [0.15, 0.2) is 34.7 Å². The third-order valence-corrected chi connectivity index (χ3v) is 3.14. The fraction of sp³-hybridized carbons (Fsp3) is 0.308. The SMILES string of the molecule is Cc1oc(-c2ccccc2)nc1CCOS(C)(=O)=O.[V]. The molecule has 5 nitrogen and oxygen atoms in total. The Morgan fingerprint density at radius 1 is 1.25 bits per heavy atom. The molecule has 1 aromatic carbocycles. The maximum atomic E-state index is 10.9. The first-order valence-corrected chi connectivity index (χ1v) is 7.63. The Labute approximate surface area is 130 Å². The molecule has 1 heterocycles. The van der Waals surface area contributed by atoms with Gasteiger partial charge in [0.1, 0.15) is 5.76 Å². The molecule has 0 bridgehead atoms. The molecule has 1 radical (unpaired) electrons. The van der Waals surface area contributed by atoms with E-state index >= 15 is 0 Å². The number of hydrogen-bond donors (Lipinski definition) is 0. The van der Waals surface area contributed by atoms with Crippen LogP contribution in [0.1, 0.15) is 11.5 Å². The van der Waals surface area contributed by atoms with Gasteiger partial charge in [-0.1, -0.05) is 18.2 Å². The van der Waals surface area contributed by atoms with Gasteiger partial charge in [0.2, 0.25) is 5.89 Å². The summed E-state index contributed by atoms with van der Waals surface area (Å²) in [5.74, 6) is 1.21. The maximum Gasteiger partial charge on any atom is 0.264 e. The first kappa shape index (κ1) is 17.0. The third kappa shape index (κ3) is 4.79. The van der Waals surface area contributed by atoms with Gasteiger partial charge >= 0.3 is 0 Å². The second kappa shape index (κ2) is 7.08. The number of nitrogens with zero attached hydrogens (tertiary/aromatic N) is 1. The van der Waals surface area contributed by atoms with Gasteiger partial charge < -0.3 is 4.42 Å². The molecule has 7 heteroatoms. The van der Waals surface area contributed by atoms with Gasteiger partial charge in [-0.05, 0) is 19.1 Å². The van der Waals surface area contributed by atoms with Gasteiger partial charge in [0.15, 0.2) is 0 Å². The predicted molar refractivity (Wildman–Crippen MR) is 71.2 cm³/mol. The van der Waals surface area contributed by atoms with Crippen LogP contribution in [0.5, 0.6) is 0 Å². The standard InChI is InChI=1S/C13H15NO4S.V/c1-10-12(8-9-17-19(2,15)16)14-13(18-10)11-6-4-3-5-7-11;/h3-7H,8-9H2,1-2H3;. The fourth-order valence-corrected chi connectivity index (χ4v) is 2.04. The van der Waals surface area contributed by atoms with E-state index in [0.29, 0.717) is 23.8 Å². The molecule has 20 heavy (non-hydrogen) atoms. The summed E-state index contributed by atoms with van der Waals surface area (Å²) >= 11 is 0. The van der Waals surface area contributed by atoms with Crippen LogP contribution in [0, 0.1) is 6.92 Å². The topological polar surface area (TPSA) is 69.4 Å². The van der Waals surface area contributed by atoms with Crippen molar-refractivity contribution < 1.29 is 35.6 Å². The molecule has 2 rings (SSSR count). The molecule has 0 unspecified atom stereocenters. The fourth-order valence-electron chi connectivity index (χ4n) is 1.65. The molecule has 0 atom stereocenters. The Morgan fingerprint density at radius 2 is 1.90 bits per heavy atom. The normalized spacial score (nSPS) is 11.1. The van der Waals surface area contributed by atoms with Gasteiger partial charge in [-0.15, -0.1) is 0 Å². The van der Waals surface area contributed by atoms with Crippen LogP contribution < -0.4 is 0 Å². The zero-order valence-corrected chi connectivity index (χ0v) is 13.4. The van der Waals surface area contributed by atoms with Crippen LogP contribution in [0.2, 0.25) is 0 Å². The van der Waals surface area contributed by atoms with Crippen LogP contribution in [0.3, 0.4) is 0 Å². The summed E-state index contributed by atoms with van der Waals surface area (Å²) in [6, 6.07) is 9.53. The summed E-state index contributed by atoms with van der Waals surface area (Å²) in [4.78, 5) is 4.36. The minimum Gasteiger partial charge on any atom is -0.441 e. The molecule has 0 N–H and O–H groups in total. The Kier molecular flexibility index (Phi) is 6.01. The van der Waals surface area contributed by atoms with Gasteiger partial charge in [0.25, 0.3) is 10.1 Å². The van der Waals surface area contributed by atoms with Crippen LogP contribution in [0.25, 0.3) is 11.5 Å². The summed E-state index contributed by atoms with van der Waals surface area (Å²) in [5.41, 5.74) is 1.60. The van der Waals surface area contributed by atoms with Gasteiger partial charge in [-0.3, -0.25) is 4.18 Å². The zero-order valence-electron chi connectivity index (χ0n) is 11.2. The number of rotatable bonds is 5. The van der Waals surface area contributed by atoms with Crippen LogP contribution >= 0.6 is 0 Å². The molecular formula is C13H15NO4SV. The van der Waals surface area contributed by atoms with E-state index in [0.717, 1.165) is 11.8 Å². The van der Waals surface area contributed by atoms with Crippen molar-refractivity contribution in [1.82, 2.24) is 4.98 Å². The molecule has 2 aromatic rings. The molecule has 0 saturated carbocycles. The predicted octanol–water partition coefficient (Wildman–Crippen LogP) is 2.17. The number of aromatic nitrogens is 1. The van der Waals surface area contributed by atoms with Crippen molar-refractivity contribution in [2.24, 2.45) is 0 Å². The molecule has 0 saturated heterocycles. The summed E-state index contributed by atoms with van der Waals surface area (Å²) in [6.07, 6.45) is 1.42. The van der Waals surface area contributed by atoms with Crippen molar-refractivity contribution in [2.45, 2.75) is 13.3 Å². The van der Waals surface area contributed by atoms with E-state index in [2.05, 4.69) is 4.98 Å². The van der Waals surface area contributed by atoms with E-state index in [-0.39, 0.29) is 25.2 Å². The Balaban J connectivity index is 0.00000200. The minimum atomic E-state index is -3.41. The second-order valence-corrected chi connectivity index (χ2v) is 5.81. The smallest absolute Gasteiger partial charge is 0.264 e. The second-order valence-electron chi connectivity index (χ2n) is 4.16. The van der Waals surface area contributed by atoms with Crippen molar-refractivity contribution in [2.75, 3.05) is 12.9 Å². The number of oxazole rings is 1. The molecule has 107 valence electrons. The molecule has 0 fully saturated rings. The van der Waals surface area contributed by atoms with E-state index < -0.39 is 10.1 Å². The van der Waals surface area contributed by atoms with Crippen molar-refractivity contribution in [1.29, 1.82) is 0 Å². The van der Waals surface area contributed by atoms with Crippen LogP contribution in [0.4, 0.5) is 0 Å². The van der Waals surface area contributed by atoms with Crippen molar-refractivity contribution in [3.8, 4) is 11.5 Å². The van der Waals surface area contributed by atoms with E-state index in [4.69, 9.17) is 8.60 Å². The number of hydrogen-bond acceptors (Lipinski definition) is 5. The van der Waals surface area contributed by atoms with Crippen molar-refractivity contribution >= 4 is 10.1 Å². The largest absolute Gasteiger partial charge is 0.441 e. The van der Waals surface area contributed by atoms with E-state index in [1.54, 1.807) is 6.92 Å². The third-order valence-electron chi connectivity index (χ3n) is 2.55. The summed E-state index contributed by atoms with van der Waals surface area (Å²) in [6.45, 7) is 1.87. The quantitative estimate of drug-likeness (QED) is 0.785. The zero-order chi connectivity index (χ0) is 13.9. The Morgan fingerprint density at radius 3 is 2.50 bits per heavy atom. The van der Waals surface area contributed by atoms with Crippen molar-refractivity contribution in [3.63, 3.8) is 0 Å². The number of aryl methyl sites for hydroxylation is 1. The van der Waals surface area contributed by atoms with Gasteiger partial charge in [0, 0.05) is 30.5 Å². The average Bonchev–Trinajstić information content (AvgIpc) is 2.71. The molecule has 0 aliphatic carbocycles.